The molecule has 16 heavy (non-hydrogen) atoms. The van der Waals surface area contributed by atoms with Crippen molar-refractivity contribution in [3.63, 3.8) is 0 Å². The lowest BCUT2D eigenvalue weighted by atomic mass is 10.1. The third-order valence-electron chi connectivity index (χ3n) is 3.06. The van der Waals surface area contributed by atoms with E-state index < -0.39 is 5.97 Å². The van der Waals surface area contributed by atoms with Gasteiger partial charge >= 0.3 is 5.97 Å². The number of carboxylic acids is 1. The molecule has 1 atom stereocenters. The molecule has 1 aliphatic carbocycles. The Morgan fingerprint density at radius 2 is 2.44 bits per heavy atom. The quantitative estimate of drug-likeness (QED) is 0.800. The van der Waals surface area contributed by atoms with Gasteiger partial charge < -0.3 is 5.11 Å². The van der Waals surface area contributed by atoms with Crippen LogP contribution in [0.5, 0.6) is 0 Å². The van der Waals surface area contributed by atoms with Crippen molar-refractivity contribution in [1.29, 1.82) is 0 Å². The Kier molecular flexibility index (Phi) is 3.61. The SMILES string of the molecule is CCc1ccsc1CNC(C(=O)O)C1CC1. The van der Waals surface area contributed by atoms with Gasteiger partial charge in [0.2, 0.25) is 0 Å². The van der Waals surface area contributed by atoms with Crippen molar-refractivity contribution in [2.24, 2.45) is 5.92 Å². The fraction of sp³-hybridized carbons (Fsp3) is 0.583. The first-order chi connectivity index (χ1) is 7.72. The summed E-state index contributed by atoms with van der Waals surface area (Å²) < 4.78 is 0. The maximum atomic E-state index is 11.0. The van der Waals surface area contributed by atoms with Gasteiger partial charge in [-0.15, -0.1) is 11.3 Å². The van der Waals surface area contributed by atoms with Gasteiger partial charge in [-0.3, -0.25) is 10.1 Å². The number of carbonyl (C=O) groups is 1. The van der Waals surface area contributed by atoms with E-state index in [0.717, 1.165) is 19.3 Å². The lowest BCUT2D eigenvalue weighted by molar-refractivity contribution is -0.140. The second-order valence-corrected chi connectivity index (χ2v) is 5.26. The topological polar surface area (TPSA) is 49.3 Å². The van der Waals surface area contributed by atoms with Gasteiger partial charge in [0.05, 0.1) is 0 Å². The summed E-state index contributed by atoms with van der Waals surface area (Å²) in [5, 5.41) is 14.3. The molecule has 0 aliphatic heterocycles. The molecule has 1 unspecified atom stereocenters. The van der Waals surface area contributed by atoms with Gasteiger partial charge in [0.1, 0.15) is 6.04 Å². The molecule has 1 saturated carbocycles. The summed E-state index contributed by atoms with van der Waals surface area (Å²) in [4.78, 5) is 12.3. The third kappa shape index (κ3) is 2.62. The van der Waals surface area contributed by atoms with Crippen molar-refractivity contribution in [3.05, 3.63) is 21.9 Å². The van der Waals surface area contributed by atoms with Gasteiger partial charge in [-0.2, -0.15) is 0 Å². The highest BCUT2D eigenvalue weighted by atomic mass is 32.1. The van der Waals surface area contributed by atoms with Crippen LogP contribution in [-0.2, 0) is 17.8 Å². The molecular formula is C12H17NO2S. The number of rotatable bonds is 6. The van der Waals surface area contributed by atoms with Gasteiger partial charge in [-0.05, 0) is 42.2 Å². The van der Waals surface area contributed by atoms with Crippen molar-refractivity contribution in [2.45, 2.75) is 38.8 Å². The maximum absolute atomic E-state index is 11.0. The minimum absolute atomic E-state index is 0.350. The van der Waals surface area contributed by atoms with E-state index in [-0.39, 0.29) is 6.04 Å². The normalized spacial score (nSPS) is 17.3. The van der Waals surface area contributed by atoms with Crippen LogP contribution in [-0.4, -0.2) is 17.1 Å². The number of hydrogen-bond acceptors (Lipinski definition) is 3. The van der Waals surface area contributed by atoms with Gasteiger partial charge in [-0.1, -0.05) is 6.92 Å². The van der Waals surface area contributed by atoms with Crippen molar-refractivity contribution in [3.8, 4) is 0 Å². The van der Waals surface area contributed by atoms with Crippen molar-refractivity contribution >= 4 is 17.3 Å². The monoisotopic (exact) mass is 239 g/mol. The average molecular weight is 239 g/mol. The Labute approximate surface area is 99.5 Å². The van der Waals surface area contributed by atoms with Crippen LogP contribution in [0.15, 0.2) is 11.4 Å². The summed E-state index contributed by atoms with van der Waals surface area (Å²) >= 11 is 1.70. The number of carboxylic acid groups (broad SMARTS) is 1. The number of nitrogens with one attached hydrogen (secondary N) is 1. The van der Waals surface area contributed by atoms with Gasteiger partial charge in [-0.25, -0.2) is 0 Å². The van der Waals surface area contributed by atoms with Crippen molar-refractivity contribution in [1.82, 2.24) is 5.32 Å². The summed E-state index contributed by atoms with van der Waals surface area (Å²) in [7, 11) is 0. The minimum atomic E-state index is -0.711. The molecule has 0 amide bonds. The molecule has 2 rings (SSSR count). The molecule has 1 aromatic rings. The average Bonchev–Trinajstić information content (AvgIpc) is 2.97. The van der Waals surface area contributed by atoms with Crippen molar-refractivity contribution < 1.29 is 9.90 Å². The van der Waals surface area contributed by atoms with Crippen LogP contribution in [0.1, 0.15) is 30.2 Å². The Morgan fingerprint density at radius 3 is 3.00 bits per heavy atom. The Hall–Kier alpha value is -0.870. The molecule has 0 saturated heterocycles. The first kappa shape index (κ1) is 11.6. The van der Waals surface area contributed by atoms with Gasteiger partial charge in [0.25, 0.3) is 0 Å². The number of hydrogen-bond donors (Lipinski definition) is 2. The zero-order chi connectivity index (χ0) is 11.5. The van der Waals surface area contributed by atoms with E-state index >= 15 is 0 Å². The first-order valence-corrected chi connectivity index (χ1v) is 6.61. The van der Waals surface area contributed by atoms with E-state index in [0.29, 0.717) is 12.5 Å². The van der Waals surface area contributed by atoms with Crippen LogP contribution in [0.3, 0.4) is 0 Å². The lowest BCUT2D eigenvalue weighted by Crippen LogP contribution is -2.38. The maximum Gasteiger partial charge on any atom is 0.320 e. The number of thiophene rings is 1. The minimum Gasteiger partial charge on any atom is -0.480 e. The van der Waals surface area contributed by atoms with Crippen LogP contribution >= 0.6 is 11.3 Å². The predicted octanol–water partition coefficient (Wildman–Crippen LogP) is 2.26. The Balaban J connectivity index is 1.92. The summed E-state index contributed by atoms with van der Waals surface area (Å²) in [6, 6.07) is 1.76. The summed E-state index contributed by atoms with van der Waals surface area (Å²) in [5.74, 6) is -0.361. The molecule has 2 N–H and O–H groups in total. The molecule has 1 aliphatic rings. The van der Waals surface area contributed by atoms with Crippen LogP contribution in [0, 0.1) is 5.92 Å². The lowest BCUT2D eigenvalue weighted by Gasteiger charge is -2.13. The standard InChI is InChI=1S/C12H17NO2S/c1-2-8-5-6-16-10(8)7-13-11(12(14)15)9-3-4-9/h5-6,9,11,13H,2-4,7H2,1H3,(H,14,15). The molecule has 4 heteroatoms. The zero-order valence-corrected chi connectivity index (χ0v) is 10.2. The van der Waals surface area contributed by atoms with Crippen LogP contribution < -0.4 is 5.32 Å². The highest BCUT2D eigenvalue weighted by molar-refractivity contribution is 7.10. The molecule has 1 heterocycles. The van der Waals surface area contributed by atoms with Crippen LogP contribution in [0.25, 0.3) is 0 Å². The summed E-state index contributed by atoms with van der Waals surface area (Å²) in [6.07, 6.45) is 3.12. The second-order valence-electron chi connectivity index (χ2n) is 4.26. The summed E-state index contributed by atoms with van der Waals surface area (Å²) in [6.45, 7) is 2.81. The summed E-state index contributed by atoms with van der Waals surface area (Å²) in [5.41, 5.74) is 1.33. The van der Waals surface area contributed by atoms with E-state index in [1.165, 1.54) is 10.4 Å². The Bertz CT molecular complexity index is 371. The molecule has 88 valence electrons. The van der Waals surface area contributed by atoms with Crippen LogP contribution in [0.4, 0.5) is 0 Å². The second kappa shape index (κ2) is 4.97. The van der Waals surface area contributed by atoms with E-state index in [4.69, 9.17) is 5.11 Å². The fourth-order valence-corrected chi connectivity index (χ4v) is 2.85. The van der Waals surface area contributed by atoms with E-state index in [2.05, 4.69) is 23.7 Å². The molecule has 0 radical (unpaired) electrons. The zero-order valence-electron chi connectivity index (χ0n) is 9.40. The van der Waals surface area contributed by atoms with E-state index in [1.807, 2.05) is 0 Å². The molecule has 3 nitrogen and oxygen atoms in total. The smallest absolute Gasteiger partial charge is 0.320 e. The fourth-order valence-electron chi connectivity index (χ4n) is 1.92. The van der Waals surface area contributed by atoms with Crippen LogP contribution in [0.2, 0.25) is 0 Å². The van der Waals surface area contributed by atoms with E-state index in [9.17, 15) is 4.79 Å². The predicted molar refractivity (Wildman–Crippen MR) is 64.7 cm³/mol. The molecule has 0 bridgehead atoms. The van der Waals surface area contributed by atoms with Gasteiger partial charge in [0, 0.05) is 11.4 Å². The highest BCUT2D eigenvalue weighted by Crippen LogP contribution is 2.33. The molecule has 0 spiro atoms. The molecule has 0 aromatic carbocycles. The van der Waals surface area contributed by atoms with Crippen molar-refractivity contribution in [2.75, 3.05) is 0 Å². The molecule has 1 aromatic heterocycles. The number of aryl methyl sites for hydroxylation is 1. The third-order valence-corrected chi connectivity index (χ3v) is 4.02. The molecular weight excluding hydrogens is 222 g/mol. The highest BCUT2D eigenvalue weighted by Gasteiger charge is 2.35. The van der Waals surface area contributed by atoms with Gasteiger partial charge in [0.15, 0.2) is 0 Å². The molecule has 1 fully saturated rings. The number of aliphatic carboxylic acids is 1. The van der Waals surface area contributed by atoms with E-state index in [1.54, 1.807) is 11.3 Å². The largest absolute Gasteiger partial charge is 0.480 e. The first-order valence-electron chi connectivity index (χ1n) is 5.73. The Morgan fingerprint density at radius 1 is 1.69 bits per heavy atom.